The van der Waals surface area contributed by atoms with Gasteiger partial charge in [0.15, 0.2) is 5.16 Å². The number of esters is 1. The number of aryl methyl sites for hydroxylation is 2. The van der Waals surface area contributed by atoms with Gasteiger partial charge in [0.1, 0.15) is 22.9 Å². The van der Waals surface area contributed by atoms with Gasteiger partial charge in [0.2, 0.25) is 0 Å². The molecule has 7 heteroatoms. The van der Waals surface area contributed by atoms with Gasteiger partial charge in [0.05, 0.1) is 12.9 Å². The summed E-state index contributed by atoms with van der Waals surface area (Å²) in [7, 11) is 3.26. The van der Waals surface area contributed by atoms with E-state index in [1.165, 1.54) is 18.9 Å². The van der Waals surface area contributed by atoms with Crippen LogP contribution in [-0.4, -0.2) is 27.8 Å². The first kappa shape index (κ1) is 13.7. The summed E-state index contributed by atoms with van der Waals surface area (Å²) in [6, 6.07) is 1.71. The van der Waals surface area contributed by atoms with Gasteiger partial charge < -0.3 is 13.7 Å². The van der Waals surface area contributed by atoms with E-state index in [9.17, 15) is 4.79 Å². The molecule has 0 aliphatic carbocycles. The molecular weight excluding hydrogens is 266 g/mol. The van der Waals surface area contributed by atoms with E-state index in [-0.39, 0.29) is 5.97 Å². The molecule has 2 heterocycles. The lowest BCUT2D eigenvalue weighted by Gasteiger charge is -1.99. The molecule has 0 aliphatic heterocycles. The lowest BCUT2D eigenvalue weighted by atomic mass is 10.2. The van der Waals surface area contributed by atoms with Crippen molar-refractivity contribution in [3.63, 3.8) is 0 Å². The molecular formula is C12H15N3O3S. The molecule has 0 amide bonds. The van der Waals surface area contributed by atoms with Crippen LogP contribution in [0.5, 0.6) is 0 Å². The first-order chi connectivity index (χ1) is 9.02. The summed E-state index contributed by atoms with van der Waals surface area (Å²) >= 11 is 1.51. The van der Waals surface area contributed by atoms with Crippen LogP contribution in [0.15, 0.2) is 15.6 Å². The second-order valence-electron chi connectivity index (χ2n) is 4.05. The predicted molar refractivity (Wildman–Crippen MR) is 70.1 cm³/mol. The summed E-state index contributed by atoms with van der Waals surface area (Å²) in [5, 5.41) is 8.84. The molecule has 0 unspecified atom stereocenters. The van der Waals surface area contributed by atoms with Crippen molar-refractivity contribution in [3.8, 4) is 0 Å². The number of hydrogen-bond donors (Lipinski definition) is 0. The van der Waals surface area contributed by atoms with Gasteiger partial charge in [-0.2, -0.15) is 0 Å². The minimum Gasteiger partial charge on any atom is -0.465 e. The SMILES string of the molecule is COC(=O)c1cc(CSc2nnc(C)n2C)oc1C. The van der Waals surface area contributed by atoms with Gasteiger partial charge in [-0.05, 0) is 19.9 Å². The van der Waals surface area contributed by atoms with Crippen LogP contribution < -0.4 is 0 Å². The van der Waals surface area contributed by atoms with E-state index in [1.807, 2.05) is 18.5 Å². The van der Waals surface area contributed by atoms with Crippen LogP contribution >= 0.6 is 11.8 Å². The topological polar surface area (TPSA) is 70.2 Å². The van der Waals surface area contributed by atoms with E-state index in [0.29, 0.717) is 22.8 Å². The maximum atomic E-state index is 11.5. The Bertz CT molecular complexity index is 603. The fraction of sp³-hybridized carbons (Fsp3) is 0.417. The van der Waals surface area contributed by atoms with Crippen molar-refractivity contribution in [2.24, 2.45) is 7.05 Å². The number of aromatic nitrogens is 3. The van der Waals surface area contributed by atoms with Gasteiger partial charge in [0.25, 0.3) is 0 Å². The highest BCUT2D eigenvalue weighted by Gasteiger charge is 2.16. The number of carbonyl (C=O) groups excluding carboxylic acids is 1. The summed E-state index contributed by atoms with van der Waals surface area (Å²) < 4.78 is 12.1. The lowest BCUT2D eigenvalue weighted by molar-refractivity contribution is 0.0599. The number of hydrogen-bond acceptors (Lipinski definition) is 6. The van der Waals surface area contributed by atoms with Crippen LogP contribution in [0, 0.1) is 13.8 Å². The Morgan fingerprint density at radius 3 is 2.79 bits per heavy atom. The van der Waals surface area contributed by atoms with Crippen molar-refractivity contribution < 1.29 is 13.9 Å². The van der Waals surface area contributed by atoms with E-state index in [4.69, 9.17) is 4.42 Å². The molecule has 0 aliphatic rings. The zero-order chi connectivity index (χ0) is 14.0. The Morgan fingerprint density at radius 1 is 1.47 bits per heavy atom. The Morgan fingerprint density at radius 2 is 2.21 bits per heavy atom. The van der Waals surface area contributed by atoms with E-state index < -0.39 is 0 Å². The monoisotopic (exact) mass is 281 g/mol. The molecule has 0 fully saturated rings. The quantitative estimate of drug-likeness (QED) is 0.631. The third kappa shape index (κ3) is 2.81. The zero-order valence-electron chi connectivity index (χ0n) is 11.3. The second kappa shape index (κ2) is 5.48. The van der Waals surface area contributed by atoms with Crippen molar-refractivity contribution in [2.45, 2.75) is 24.8 Å². The van der Waals surface area contributed by atoms with Crippen molar-refractivity contribution >= 4 is 17.7 Å². The van der Waals surface area contributed by atoms with Gasteiger partial charge in [-0.25, -0.2) is 4.79 Å². The Hall–Kier alpha value is -1.76. The summed E-state index contributed by atoms with van der Waals surface area (Å²) in [5.74, 6) is 2.34. The maximum absolute atomic E-state index is 11.5. The van der Waals surface area contributed by atoms with Gasteiger partial charge >= 0.3 is 5.97 Å². The van der Waals surface area contributed by atoms with Crippen molar-refractivity contribution in [2.75, 3.05) is 7.11 Å². The Balaban J connectivity index is 2.08. The number of thioether (sulfide) groups is 1. The molecule has 19 heavy (non-hydrogen) atoms. The molecule has 0 aromatic carbocycles. The third-order valence-corrected chi connectivity index (χ3v) is 3.81. The Labute approximate surface area is 115 Å². The number of methoxy groups -OCH3 is 1. The molecule has 2 aromatic heterocycles. The average Bonchev–Trinajstić information content (AvgIpc) is 2.91. The van der Waals surface area contributed by atoms with E-state index in [1.54, 1.807) is 13.0 Å². The summed E-state index contributed by atoms with van der Waals surface area (Å²) in [5.41, 5.74) is 0.465. The zero-order valence-corrected chi connectivity index (χ0v) is 12.1. The van der Waals surface area contributed by atoms with E-state index in [0.717, 1.165) is 11.0 Å². The molecule has 0 bridgehead atoms. The van der Waals surface area contributed by atoms with Crippen molar-refractivity contribution in [1.29, 1.82) is 0 Å². The molecule has 0 N–H and O–H groups in total. The normalized spacial score (nSPS) is 10.7. The molecule has 0 saturated carbocycles. The fourth-order valence-electron chi connectivity index (χ4n) is 1.58. The van der Waals surface area contributed by atoms with Gasteiger partial charge in [-0.3, -0.25) is 0 Å². The van der Waals surface area contributed by atoms with Crippen LogP contribution in [0.3, 0.4) is 0 Å². The molecule has 2 rings (SSSR count). The largest absolute Gasteiger partial charge is 0.465 e. The predicted octanol–water partition coefficient (Wildman–Crippen LogP) is 2.10. The smallest absolute Gasteiger partial charge is 0.341 e. The highest BCUT2D eigenvalue weighted by atomic mass is 32.2. The first-order valence-corrected chi connectivity index (χ1v) is 6.68. The number of carbonyl (C=O) groups is 1. The van der Waals surface area contributed by atoms with Crippen LogP contribution in [0.25, 0.3) is 0 Å². The Kier molecular flexibility index (Phi) is 3.94. The fourth-order valence-corrected chi connectivity index (χ4v) is 2.41. The molecule has 102 valence electrons. The van der Waals surface area contributed by atoms with E-state index >= 15 is 0 Å². The van der Waals surface area contributed by atoms with Crippen LogP contribution in [0.4, 0.5) is 0 Å². The first-order valence-electron chi connectivity index (χ1n) is 5.69. The number of furan rings is 1. The van der Waals surface area contributed by atoms with Gasteiger partial charge in [-0.15, -0.1) is 10.2 Å². The molecule has 0 atom stereocenters. The summed E-state index contributed by atoms with van der Waals surface area (Å²) in [6.45, 7) is 3.64. The summed E-state index contributed by atoms with van der Waals surface area (Å²) in [6.07, 6.45) is 0. The maximum Gasteiger partial charge on any atom is 0.341 e. The van der Waals surface area contributed by atoms with Crippen molar-refractivity contribution in [1.82, 2.24) is 14.8 Å². The average molecular weight is 281 g/mol. The van der Waals surface area contributed by atoms with Crippen LogP contribution in [0.1, 0.15) is 27.7 Å². The lowest BCUT2D eigenvalue weighted by Crippen LogP contribution is -2.00. The van der Waals surface area contributed by atoms with Gasteiger partial charge in [0, 0.05) is 7.05 Å². The number of rotatable bonds is 4. The molecule has 0 radical (unpaired) electrons. The third-order valence-electron chi connectivity index (χ3n) is 2.77. The van der Waals surface area contributed by atoms with Crippen LogP contribution in [-0.2, 0) is 17.5 Å². The molecule has 0 saturated heterocycles. The standard InChI is InChI=1S/C12H15N3O3S/c1-7-10(11(16)17-4)5-9(18-7)6-19-12-14-13-8(2)15(12)3/h5H,6H2,1-4H3. The highest BCUT2D eigenvalue weighted by Crippen LogP contribution is 2.24. The number of ether oxygens (including phenoxy) is 1. The molecule has 0 spiro atoms. The van der Waals surface area contributed by atoms with Gasteiger partial charge in [-0.1, -0.05) is 11.8 Å². The molecule has 6 nitrogen and oxygen atoms in total. The molecule has 2 aromatic rings. The van der Waals surface area contributed by atoms with Crippen molar-refractivity contribution in [3.05, 3.63) is 29.0 Å². The number of nitrogens with zero attached hydrogens (tertiary/aromatic N) is 3. The highest BCUT2D eigenvalue weighted by molar-refractivity contribution is 7.98. The van der Waals surface area contributed by atoms with E-state index in [2.05, 4.69) is 14.9 Å². The minimum absolute atomic E-state index is 0.382. The second-order valence-corrected chi connectivity index (χ2v) is 4.99. The summed E-state index contributed by atoms with van der Waals surface area (Å²) in [4.78, 5) is 11.5. The minimum atomic E-state index is -0.382. The van der Waals surface area contributed by atoms with Crippen LogP contribution in [0.2, 0.25) is 0 Å².